The molecule has 7 nitrogen and oxygen atoms in total. The number of piperidine rings is 1. The molecular formula is C22H30N4O3S. The molecule has 1 aliphatic rings. The Hall–Kier alpha value is -2.42. The number of hydrogen-bond donors (Lipinski definition) is 1. The van der Waals surface area contributed by atoms with Crippen molar-refractivity contribution in [3.05, 3.63) is 65.2 Å². The lowest BCUT2D eigenvalue weighted by molar-refractivity contribution is 0.130. The average Bonchev–Trinajstić information content (AvgIpc) is 2.75. The van der Waals surface area contributed by atoms with E-state index < -0.39 is 10.0 Å². The summed E-state index contributed by atoms with van der Waals surface area (Å²) in [5.74, 6) is 0.319. The Kier molecular flexibility index (Phi) is 7.47. The molecule has 0 saturated carbocycles. The van der Waals surface area contributed by atoms with Gasteiger partial charge in [-0.05, 0) is 49.2 Å². The van der Waals surface area contributed by atoms with E-state index in [1.807, 2.05) is 18.2 Å². The number of hydrogen-bond acceptors (Lipinski definition) is 5. The number of oxime groups is 1. The standard InChI is InChI=1S/C22H30N4O3S/c1-25(2)30(27,28)20-11-8-9-18(15-20)17-29-24-22(23)21-12-5-4-10-19(21)16-26-13-6-3-7-14-26/h4-5,8-12,15H,3,6-7,13-14,16-17H2,1-2H3,(H2,23,24). The van der Waals surface area contributed by atoms with E-state index in [0.717, 1.165) is 30.8 Å². The second kappa shape index (κ2) is 10.1. The molecule has 2 N–H and O–H groups in total. The normalized spacial score (nSPS) is 16.0. The van der Waals surface area contributed by atoms with Crippen LogP contribution < -0.4 is 5.73 Å². The lowest BCUT2D eigenvalue weighted by Crippen LogP contribution is -2.30. The zero-order chi connectivity index (χ0) is 21.6. The summed E-state index contributed by atoms with van der Waals surface area (Å²) >= 11 is 0. The summed E-state index contributed by atoms with van der Waals surface area (Å²) in [7, 11) is -0.481. The molecule has 2 aromatic rings. The third kappa shape index (κ3) is 5.59. The first kappa shape index (κ1) is 22.3. The van der Waals surface area contributed by atoms with Gasteiger partial charge in [0.2, 0.25) is 10.0 Å². The molecule has 0 bridgehead atoms. The summed E-state index contributed by atoms with van der Waals surface area (Å²) in [5.41, 5.74) is 8.91. The van der Waals surface area contributed by atoms with E-state index in [2.05, 4.69) is 16.1 Å². The maximum absolute atomic E-state index is 12.3. The van der Waals surface area contributed by atoms with Gasteiger partial charge in [-0.1, -0.05) is 48.0 Å². The van der Waals surface area contributed by atoms with Crippen LogP contribution in [0.2, 0.25) is 0 Å². The Morgan fingerprint density at radius 3 is 2.57 bits per heavy atom. The molecule has 0 atom stereocenters. The van der Waals surface area contributed by atoms with E-state index in [4.69, 9.17) is 10.6 Å². The minimum atomic E-state index is -3.49. The molecule has 1 heterocycles. The number of rotatable bonds is 8. The van der Waals surface area contributed by atoms with E-state index in [-0.39, 0.29) is 11.5 Å². The number of likely N-dealkylation sites (tertiary alicyclic amines) is 1. The largest absolute Gasteiger partial charge is 0.389 e. The highest BCUT2D eigenvalue weighted by Crippen LogP contribution is 2.17. The van der Waals surface area contributed by atoms with Gasteiger partial charge in [0, 0.05) is 26.2 Å². The Labute approximate surface area is 179 Å². The van der Waals surface area contributed by atoms with Crippen molar-refractivity contribution in [2.24, 2.45) is 10.9 Å². The first-order valence-corrected chi connectivity index (χ1v) is 11.6. The van der Waals surface area contributed by atoms with Crippen molar-refractivity contribution >= 4 is 15.9 Å². The molecular weight excluding hydrogens is 400 g/mol. The van der Waals surface area contributed by atoms with Gasteiger partial charge >= 0.3 is 0 Å². The van der Waals surface area contributed by atoms with Crippen LogP contribution in [0.25, 0.3) is 0 Å². The number of nitrogens with zero attached hydrogens (tertiary/aromatic N) is 3. The summed E-state index contributed by atoms with van der Waals surface area (Å²) in [6, 6.07) is 14.6. The molecule has 0 radical (unpaired) electrons. The van der Waals surface area contributed by atoms with Gasteiger partial charge in [-0.3, -0.25) is 4.90 Å². The molecule has 1 fully saturated rings. The van der Waals surface area contributed by atoms with Crippen LogP contribution in [-0.2, 0) is 28.0 Å². The van der Waals surface area contributed by atoms with E-state index in [0.29, 0.717) is 11.4 Å². The molecule has 162 valence electrons. The smallest absolute Gasteiger partial charge is 0.242 e. The molecule has 1 saturated heterocycles. The van der Waals surface area contributed by atoms with Crippen LogP contribution in [0.5, 0.6) is 0 Å². The molecule has 0 unspecified atom stereocenters. The molecule has 2 aromatic carbocycles. The fourth-order valence-corrected chi connectivity index (χ4v) is 4.47. The summed E-state index contributed by atoms with van der Waals surface area (Å²) in [5, 5.41) is 4.09. The average molecular weight is 431 g/mol. The quantitative estimate of drug-likeness (QED) is 0.395. The van der Waals surface area contributed by atoms with Gasteiger partial charge in [0.05, 0.1) is 4.90 Å². The van der Waals surface area contributed by atoms with Crippen LogP contribution >= 0.6 is 0 Å². The molecule has 0 aliphatic carbocycles. The van der Waals surface area contributed by atoms with Crippen molar-refractivity contribution in [3.63, 3.8) is 0 Å². The topological polar surface area (TPSA) is 88.2 Å². The molecule has 3 rings (SSSR count). The summed E-state index contributed by atoms with van der Waals surface area (Å²) in [6.45, 7) is 3.19. The van der Waals surface area contributed by atoms with Gasteiger partial charge in [0.1, 0.15) is 6.61 Å². The van der Waals surface area contributed by atoms with Crippen LogP contribution in [0.15, 0.2) is 58.6 Å². The molecule has 8 heteroatoms. The number of amidine groups is 1. The Morgan fingerprint density at radius 1 is 1.10 bits per heavy atom. The van der Waals surface area contributed by atoms with Gasteiger partial charge in [-0.2, -0.15) is 0 Å². The van der Waals surface area contributed by atoms with E-state index in [1.165, 1.54) is 37.7 Å². The SMILES string of the molecule is CN(C)S(=O)(=O)c1cccc(CO/N=C(/N)c2ccccc2CN2CCCCC2)c1. The van der Waals surface area contributed by atoms with Crippen LogP contribution in [0, 0.1) is 0 Å². The van der Waals surface area contributed by atoms with Gasteiger partial charge in [-0.25, -0.2) is 12.7 Å². The number of benzene rings is 2. The molecule has 0 spiro atoms. The lowest BCUT2D eigenvalue weighted by atomic mass is 10.0. The van der Waals surface area contributed by atoms with Crippen LogP contribution in [-0.4, -0.2) is 50.6 Å². The second-order valence-corrected chi connectivity index (χ2v) is 9.83. The molecule has 30 heavy (non-hydrogen) atoms. The van der Waals surface area contributed by atoms with E-state index >= 15 is 0 Å². The van der Waals surface area contributed by atoms with Crippen molar-refractivity contribution in [3.8, 4) is 0 Å². The Morgan fingerprint density at radius 2 is 1.83 bits per heavy atom. The zero-order valence-corrected chi connectivity index (χ0v) is 18.4. The second-order valence-electron chi connectivity index (χ2n) is 7.68. The summed E-state index contributed by atoms with van der Waals surface area (Å²) in [6.07, 6.45) is 3.77. The minimum Gasteiger partial charge on any atom is -0.389 e. The van der Waals surface area contributed by atoms with Crippen molar-refractivity contribution in [1.29, 1.82) is 0 Å². The van der Waals surface area contributed by atoms with Gasteiger partial charge in [-0.15, -0.1) is 0 Å². The Balaban J connectivity index is 1.68. The molecule has 0 aromatic heterocycles. The lowest BCUT2D eigenvalue weighted by Gasteiger charge is -2.27. The number of sulfonamides is 1. The third-order valence-corrected chi connectivity index (χ3v) is 7.02. The maximum atomic E-state index is 12.3. The first-order valence-electron chi connectivity index (χ1n) is 10.2. The van der Waals surface area contributed by atoms with Gasteiger partial charge in [0.25, 0.3) is 0 Å². The Bertz CT molecular complexity index is 983. The van der Waals surface area contributed by atoms with Gasteiger partial charge in [0.15, 0.2) is 5.84 Å². The molecule has 1 aliphatic heterocycles. The maximum Gasteiger partial charge on any atom is 0.242 e. The van der Waals surface area contributed by atoms with Crippen LogP contribution in [0.3, 0.4) is 0 Å². The zero-order valence-electron chi connectivity index (χ0n) is 17.6. The van der Waals surface area contributed by atoms with Crippen molar-refractivity contribution in [2.45, 2.75) is 37.3 Å². The van der Waals surface area contributed by atoms with Gasteiger partial charge < -0.3 is 10.6 Å². The van der Waals surface area contributed by atoms with Crippen molar-refractivity contribution in [1.82, 2.24) is 9.21 Å². The highest BCUT2D eigenvalue weighted by molar-refractivity contribution is 7.89. The highest BCUT2D eigenvalue weighted by Gasteiger charge is 2.17. The van der Waals surface area contributed by atoms with Crippen LogP contribution in [0.4, 0.5) is 0 Å². The monoisotopic (exact) mass is 430 g/mol. The fraction of sp³-hybridized carbons (Fsp3) is 0.409. The fourth-order valence-electron chi connectivity index (χ4n) is 3.50. The number of nitrogens with two attached hydrogens (primary N) is 1. The molecule has 0 amide bonds. The van der Waals surface area contributed by atoms with Crippen molar-refractivity contribution in [2.75, 3.05) is 27.2 Å². The minimum absolute atomic E-state index is 0.131. The predicted molar refractivity (Wildman–Crippen MR) is 118 cm³/mol. The summed E-state index contributed by atoms with van der Waals surface area (Å²) in [4.78, 5) is 8.11. The highest BCUT2D eigenvalue weighted by atomic mass is 32.2. The predicted octanol–water partition coefficient (Wildman–Crippen LogP) is 2.76. The van der Waals surface area contributed by atoms with Crippen LogP contribution in [0.1, 0.15) is 36.0 Å². The first-order chi connectivity index (χ1) is 14.4. The summed E-state index contributed by atoms with van der Waals surface area (Å²) < 4.78 is 25.8. The van der Waals surface area contributed by atoms with Crippen molar-refractivity contribution < 1.29 is 13.3 Å². The third-order valence-electron chi connectivity index (χ3n) is 5.21. The van der Waals surface area contributed by atoms with E-state index in [1.54, 1.807) is 24.3 Å². The van der Waals surface area contributed by atoms with E-state index in [9.17, 15) is 8.42 Å².